The molecular weight excluding hydrogens is 440 g/mol. The number of anilines is 1. The summed E-state index contributed by atoms with van der Waals surface area (Å²) in [6.07, 6.45) is 1.33. The van der Waals surface area contributed by atoms with Gasteiger partial charge in [0.25, 0.3) is 0 Å². The fraction of sp³-hybridized carbons (Fsp3) is 0.667. The fourth-order valence-electron chi connectivity index (χ4n) is 4.77. The molecule has 2 aliphatic heterocycles. The molecule has 0 bridgehead atoms. The molecule has 184 valence electrons. The molecule has 8 nitrogen and oxygen atoms in total. The van der Waals surface area contributed by atoms with Crippen LogP contribution in [0, 0.1) is 13.8 Å². The number of sulfone groups is 1. The quantitative estimate of drug-likeness (QED) is 0.611. The Morgan fingerprint density at radius 2 is 1.67 bits per heavy atom. The van der Waals surface area contributed by atoms with Crippen molar-refractivity contribution in [3.63, 3.8) is 0 Å². The predicted octanol–water partition coefficient (Wildman–Crippen LogP) is 1.67. The molecular formula is C24H38N4O4S. The van der Waals surface area contributed by atoms with Crippen LogP contribution < -0.4 is 5.32 Å². The third-order valence-corrected chi connectivity index (χ3v) is 8.64. The smallest absolute Gasteiger partial charge is 0.238 e. The van der Waals surface area contributed by atoms with Crippen LogP contribution in [-0.2, 0) is 19.4 Å². The van der Waals surface area contributed by atoms with Gasteiger partial charge < -0.3 is 10.2 Å². The van der Waals surface area contributed by atoms with Crippen LogP contribution in [0.15, 0.2) is 18.2 Å². The van der Waals surface area contributed by atoms with Gasteiger partial charge in [-0.05, 0) is 44.7 Å². The summed E-state index contributed by atoms with van der Waals surface area (Å²) in [5, 5.41) is 3.04. The van der Waals surface area contributed by atoms with Gasteiger partial charge in [0.15, 0.2) is 9.84 Å². The number of amides is 2. The maximum atomic E-state index is 13.1. The summed E-state index contributed by atoms with van der Waals surface area (Å²) in [5.74, 6) is 0.225. The second-order valence-electron chi connectivity index (χ2n) is 9.48. The maximum absolute atomic E-state index is 13.1. The van der Waals surface area contributed by atoms with Crippen LogP contribution in [0.4, 0.5) is 5.69 Å². The van der Waals surface area contributed by atoms with E-state index in [1.165, 1.54) is 0 Å². The molecule has 33 heavy (non-hydrogen) atoms. The second-order valence-corrected chi connectivity index (χ2v) is 11.7. The third kappa shape index (κ3) is 6.77. The molecule has 0 aromatic heterocycles. The topological polar surface area (TPSA) is 90.0 Å². The van der Waals surface area contributed by atoms with Gasteiger partial charge in [0, 0.05) is 44.0 Å². The number of piperazine rings is 1. The highest BCUT2D eigenvalue weighted by Gasteiger charge is 2.37. The van der Waals surface area contributed by atoms with Gasteiger partial charge in [0.2, 0.25) is 11.8 Å². The van der Waals surface area contributed by atoms with Crippen molar-refractivity contribution in [2.24, 2.45) is 0 Å². The van der Waals surface area contributed by atoms with E-state index in [1.54, 1.807) is 0 Å². The number of nitrogens with zero attached hydrogens (tertiary/aromatic N) is 3. The van der Waals surface area contributed by atoms with E-state index >= 15 is 0 Å². The third-order valence-electron chi connectivity index (χ3n) is 6.89. The first-order valence-corrected chi connectivity index (χ1v) is 13.7. The zero-order valence-corrected chi connectivity index (χ0v) is 21.2. The molecule has 1 N–H and O–H groups in total. The van der Waals surface area contributed by atoms with E-state index in [1.807, 2.05) is 50.8 Å². The number of para-hydroxylation sites is 1. The second kappa shape index (κ2) is 11.0. The SMILES string of the molecule is CC[C@@H](C)N(C(=O)CN1CCN(CC(=O)Nc2c(C)cccc2C)CC1)[C@H]1CCS(=O)(=O)C1. The largest absolute Gasteiger partial charge is 0.335 e. The van der Waals surface area contributed by atoms with Crippen LogP contribution in [0.25, 0.3) is 0 Å². The van der Waals surface area contributed by atoms with Crippen molar-refractivity contribution >= 4 is 27.3 Å². The fourth-order valence-corrected chi connectivity index (χ4v) is 6.48. The van der Waals surface area contributed by atoms with Crippen molar-refractivity contribution in [1.29, 1.82) is 0 Å². The first-order chi connectivity index (χ1) is 15.6. The number of rotatable bonds is 8. The Balaban J connectivity index is 1.49. The predicted molar refractivity (Wildman–Crippen MR) is 131 cm³/mol. The Labute approximate surface area is 198 Å². The van der Waals surface area contributed by atoms with E-state index in [2.05, 4.69) is 15.1 Å². The van der Waals surface area contributed by atoms with Crippen molar-refractivity contribution in [1.82, 2.24) is 14.7 Å². The molecule has 2 fully saturated rings. The highest BCUT2D eigenvalue weighted by atomic mass is 32.2. The first-order valence-electron chi connectivity index (χ1n) is 11.9. The Morgan fingerprint density at radius 1 is 1.09 bits per heavy atom. The van der Waals surface area contributed by atoms with Gasteiger partial charge in [-0.15, -0.1) is 0 Å². The molecule has 0 saturated carbocycles. The number of hydrogen-bond acceptors (Lipinski definition) is 6. The molecule has 2 aliphatic rings. The Morgan fingerprint density at radius 3 is 2.18 bits per heavy atom. The van der Waals surface area contributed by atoms with Gasteiger partial charge in [-0.2, -0.15) is 0 Å². The van der Waals surface area contributed by atoms with E-state index < -0.39 is 9.84 Å². The Hall–Kier alpha value is -1.97. The lowest BCUT2D eigenvalue weighted by Gasteiger charge is -2.38. The number of carbonyl (C=O) groups excluding carboxylic acids is 2. The molecule has 2 saturated heterocycles. The van der Waals surface area contributed by atoms with Gasteiger partial charge in [-0.25, -0.2) is 8.42 Å². The van der Waals surface area contributed by atoms with Crippen LogP contribution in [0.1, 0.15) is 37.8 Å². The Bertz CT molecular complexity index is 937. The highest BCUT2D eigenvalue weighted by Crippen LogP contribution is 2.22. The summed E-state index contributed by atoms with van der Waals surface area (Å²) in [5.41, 5.74) is 2.98. The number of carbonyl (C=O) groups is 2. The monoisotopic (exact) mass is 478 g/mol. The summed E-state index contributed by atoms with van der Waals surface area (Å²) >= 11 is 0. The molecule has 1 aromatic rings. The molecule has 3 rings (SSSR count). The van der Waals surface area contributed by atoms with Crippen LogP contribution in [0.2, 0.25) is 0 Å². The molecule has 2 amide bonds. The van der Waals surface area contributed by atoms with Crippen molar-refractivity contribution < 1.29 is 18.0 Å². The summed E-state index contributed by atoms with van der Waals surface area (Å²) < 4.78 is 23.9. The van der Waals surface area contributed by atoms with E-state index in [-0.39, 0.29) is 35.4 Å². The molecule has 2 heterocycles. The van der Waals surface area contributed by atoms with Gasteiger partial charge in [-0.1, -0.05) is 25.1 Å². The number of aryl methyl sites for hydroxylation is 2. The number of hydrogen-bond donors (Lipinski definition) is 1. The molecule has 0 unspecified atom stereocenters. The van der Waals surface area contributed by atoms with Crippen LogP contribution in [0.3, 0.4) is 0 Å². The lowest BCUT2D eigenvalue weighted by Crippen LogP contribution is -2.54. The van der Waals surface area contributed by atoms with Crippen molar-refractivity contribution in [3.8, 4) is 0 Å². The van der Waals surface area contributed by atoms with E-state index in [9.17, 15) is 18.0 Å². The normalized spacial score (nSPS) is 22.1. The average molecular weight is 479 g/mol. The van der Waals surface area contributed by atoms with Crippen molar-refractivity contribution in [2.75, 3.05) is 56.1 Å². The van der Waals surface area contributed by atoms with E-state index in [4.69, 9.17) is 0 Å². The summed E-state index contributed by atoms with van der Waals surface area (Å²) in [6, 6.07) is 5.76. The number of nitrogens with one attached hydrogen (secondary N) is 1. The van der Waals surface area contributed by atoms with Gasteiger partial charge >= 0.3 is 0 Å². The summed E-state index contributed by atoms with van der Waals surface area (Å²) in [6.45, 7) is 11.5. The van der Waals surface area contributed by atoms with Gasteiger partial charge in [0.05, 0.1) is 24.6 Å². The molecule has 1 aromatic carbocycles. The average Bonchev–Trinajstić information content (AvgIpc) is 3.11. The number of benzene rings is 1. The van der Waals surface area contributed by atoms with Crippen molar-refractivity contribution in [2.45, 2.75) is 52.6 Å². The highest BCUT2D eigenvalue weighted by molar-refractivity contribution is 7.91. The summed E-state index contributed by atoms with van der Waals surface area (Å²) in [4.78, 5) is 31.8. The minimum Gasteiger partial charge on any atom is -0.335 e. The zero-order chi connectivity index (χ0) is 24.2. The maximum Gasteiger partial charge on any atom is 0.238 e. The van der Waals surface area contributed by atoms with Crippen molar-refractivity contribution in [3.05, 3.63) is 29.3 Å². The van der Waals surface area contributed by atoms with Crippen LogP contribution in [-0.4, -0.2) is 97.8 Å². The van der Waals surface area contributed by atoms with E-state index in [0.717, 1.165) is 23.2 Å². The standard InChI is InChI=1S/C24H38N4O4S/c1-5-20(4)28(21-9-14-33(31,32)17-21)23(30)16-27-12-10-26(11-13-27)15-22(29)25-24-18(2)7-6-8-19(24)3/h6-8,20-21H,5,9-17H2,1-4H3,(H,25,29)/t20-,21+/m1/s1. The molecule has 2 atom stereocenters. The lowest BCUT2D eigenvalue weighted by molar-refractivity contribution is -0.137. The molecule has 9 heteroatoms. The first kappa shape index (κ1) is 25.6. The Kier molecular flexibility index (Phi) is 8.53. The zero-order valence-electron chi connectivity index (χ0n) is 20.3. The minimum atomic E-state index is -3.05. The van der Waals surface area contributed by atoms with Gasteiger partial charge in [-0.3, -0.25) is 19.4 Å². The van der Waals surface area contributed by atoms with Crippen LogP contribution in [0.5, 0.6) is 0 Å². The molecule has 0 spiro atoms. The molecule has 0 radical (unpaired) electrons. The summed E-state index contributed by atoms with van der Waals surface area (Å²) in [7, 11) is -3.05. The lowest BCUT2D eigenvalue weighted by atomic mass is 10.1. The molecule has 0 aliphatic carbocycles. The van der Waals surface area contributed by atoms with E-state index in [0.29, 0.717) is 45.7 Å². The van der Waals surface area contributed by atoms with Gasteiger partial charge in [0.1, 0.15) is 0 Å². The minimum absolute atomic E-state index is 0.00710. The van der Waals surface area contributed by atoms with Crippen LogP contribution >= 0.6 is 0 Å².